The van der Waals surface area contributed by atoms with Gasteiger partial charge in [-0.1, -0.05) is 6.07 Å². The minimum Gasteiger partial charge on any atom is -0.399 e. The summed E-state index contributed by atoms with van der Waals surface area (Å²) < 4.78 is 0. The van der Waals surface area contributed by atoms with Crippen molar-refractivity contribution in [3.05, 3.63) is 30.0 Å². The van der Waals surface area contributed by atoms with Crippen molar-refractivity contribution in [3.8, 4) is 0 Å². The topological polar surface area (TPSA) is 77.0 Å². The third-order valence-corrected chi connectivity index (χ3v) is 2.19. The number of hydrazine groups is 1. The standard InChI is InChI=1S/C10H12N4/c1-6-9-3-2-8(11)4-7(9)5-10(13-6)14-12/h2-5H,11-12H2,1H3,(H,13,14). The van der Waals surface area contributed by atoms with Crippen LogP contribution in [0.4, 0.5) is 11.5 Å². The molecule has 0 unspecified atom stereocenters. The fourth-order valence-corrected chi connectivity index (χ4v) is 1.52. The van der Waals surface area contributed by atoms with E-state index < -0.39 is 0 Å². The van der Waals surface area contributed by atoms with E-state index in [1.807, 2.05) is 31.2 Å². The molecule has 0 saturated heterocycles. The molecule has 1 heterocycles. The maximum absolute atomic E-state index is 5.69. The second kappa shape index (κ2) is 3.16. The third-order valence-electron chi connectivity index (χ3n) is 2.19. The number of nitrogens with zero attached hydrogens (tertiary/aromatic N) is 1. The number of hydrogen-bond donors (Lipinski definition) is 3. The van der Waals surface area contributed by atoms with Crippen LogP contribution in [0.25, 0.3) is 10.8 Å². The molecule has 0 atom stereocenters. The van der Waals surface area contributed by atoms with Crippen LogP contribution >= 0.6 is 0 Å². The van der Waals surface area contributed by atoms with Crippen molar-refractivity contribution in [1.29, 1.82) is 0 Å². The molecule has 72 valence electrons. The van der Waals surface area contributed by atoms with Crippen LogP contribution < -0.4 is 17.0 Å². The van der Waals surface area contributed by atoms with E-state index >= 15 is 0 Å². The maximum Gasteiger partial charge on any atom is 0.140 e. The highest BCUT2D eigenvalue weighted by Gasteiger charge is 2.01. The van der Waals surface area contributed by atoms with Crippen LogP contribution in [0.15, 0.2) is 24.3 Å². The van der Waals surface area contributed by atoms with Crippen molar-refractivity contribution < 1.29 is 0 Å². The Balaban J connectivity index is 2.77. The van der Waals surface area contributed by atoms with Crippen LogP contribution in [0.5, 0.6) is 0 Å². The zero-order chi connectivity index (χ0) is 10.1. The van der Waals surface area contributed by atoms with E-state index in [0.29, 0.717) is 5.82 Å². The molecule has 1 aromatic carbocycles. The van der Waals surface area contributed by atoms with Gasteiger partial charge in [0.15, 0.2) is 0 Å². The molecular weight excluding hydrogens is 176 g/mol. The van der Waals surface area contributed by atoms with E-state index in [9.17, 15) is 0 Å². The van der Waals surface area contributed by atoms with Gasteiger partial charge < -0.3 is 11.2 Å². The third kappa shape index (κ3) is 1.36. The largest absolute Gasteiger partial charge is 0.399 e. The van der Waals surface area contributed by atoms with Crippen LogP contribution in [0.2, 0.25) is 0 Å². The van der Waals surface area contributed by atoms with Gasteiger partial charge in [0.2, 0.25) is 0 Å². The summed E-state index contributed by atoms with van der Waals surface area (Å²) in [5, 5.41) is 2.14. The first kappa shape index (κ1) is 8.77. The van der Waals surface area contributed by atoms with Gasteiger partial charge >= 0.3 is 0 Å². The summed E-state index contributed by atoms with van der Waals surface area (Å²) in [6.45, 7) is 1.94. The molecule has 0 radical (unpaired) electrons. The second-order valence-electron chi connectivity index (χ2n) is 3.22. The Bertz CT molecular complexity index is 479. The fourth-order valence-electron chi connectivity index (χ4n) is 1.52. The number of anilines is 2. The first-order valence-corrected chi connectivity index (χ1v) is 4.34. The molecule has 1 aromatic heterocycles. The van der Waals surface area contributed by atoms with E-state index in [0.717, 1.165) is 22.2 Å². The molecular formula is C10H12N4. The molecule has 2 rings (SSSR count). The van der Waals surface area contributed by atoms with Crippen molar-refractivity contribution in [2.75, 3.05) is 11.2 Å². The first-order chi connectivity index (χ1) is 6.70. The number of aromatic nitrogens is 1. The number of nitrogen functional groups attached to an aromatic ring is 2. The van der Waals surface area contributed by atoms with E-state index in [1.54, 1.807) is 0 Å². The quantitative estimate of drug-likeness (QED) is 0.359. The predicted molar refractivity (Wildman–Crippen MR) is 58.7 cm³/mol. The zero-order valence-corrected chi connectivity index (χ0v) is 7.91. The van der Waals surface area contributed by atoms with Gasteiger partial charge in [-0.05, 0) is 30.5 Å². The average molecular weight is 188 g/mol. The summed E-state index contributed by atoms with van der Waals surface area (Å²) in [5.41, 5.74) is 9.90. The van der Waals surface area contributed by atoms with Gasteiger partial charge in [0.1, 0.15) is 5.82 Å². The molecule has 0 saturated carbocycles. The normalized spacial score (nSPS) is 10.4. The predicted octanol–water partition coefficient (Wildman–Crippen LogP) is 1.41. The molecule has 0 fully saturated rings. The molecule has 0 aliphatic heterocycles. The Morgan fingerprint density at radius 3 is 2.79 bits per heavy atom. The van der Waals surface area contributed by atoms with Gasteiger partial charge in [-0.3, -0.25) is 0 Å². The van der Waals surface area contributed by atoms with Gasteiger partial charge in [0.25, 0.3) is 0 Å². The molecule has 2 aromatic rings. The Kier molecular flexibility index (Phi) is 1.98. The molecule has 4 heteroatoms. The number of aryl methyl sites for hydroxylation is 1. The molecule has 0 aliphatic carbocycles. The highest BCUT2D eigenvalue weighted by atomic mass is 15.2. The number of fused-ring (bicyclic) bond motifs is 1. The van der Waals surface area contributed by atoms with Crippen molar-refractivity contribution in [2.24, 2.45) is 5.84 Å². The van der Waals surface area contributed by atoms with Crippen LogP contribution in [-0.4, -0.2) is 4.98 Å². The van der Waals surface area contributed by atoms with Crippen LogP contribution in [-0.2, 0) is 0 Å². The van der Waals surface area contributed by atoms with E-state index in [2.05, 4.69) is 10.4 Å². The minimum atomic E-state index is 0.653. The summed E-state index contributed by atoms with van der Waals surface area (Å²) in [6.07, 6.45) is 0. The summed E-state index contributed by atoms with van der Waals surface area (Å²) in [7, 11) is 0. The second-order valence-corrected chi connectivity index (χ2v) is 3.22. The Hall–Kier alpha value is -1.81. The summed E-state index contributed by atoms with van der Waals surface area (Å²) in [5.74, 6) is 5.96. The van der Waals surface area contributed by atoms with Gasteiger partial charge in [-0.2, -0.15) is 0 Å². The molecule has 0 bridgehead atoms. The summed E-state index contributed by atoms with van der Waals surface area (Å²) >= 11 is 0. The van der Waals surface area contributed by atoms with E-state index in [1.165, 1.54) is 0 Å². The average Bonchev–Trinajstić information content (AvgIpc) is 2.16. The number of nitrogens with two attached hydrogens (primary N) is 2. The maximum atomic E-state index is 5.69. The van der Waals surface area contributed by atoms with Crippen molar-refractivity contribution in [2.45, 2.75) is 6.92 Å². The lowest BCUT2D eigenvalue weighted by Crippen LogP contribution is -2.08. The summed E-state index contributed by atoms with van der Waals surface area (Å²) in [6, 6.07) is 7.61. The number of benzene rings is 1. The van der Waals surface area contributed by atoms with Crippen molar-refractivity contribution in [1.82, 2.24) is 4.98 Å². The van der Waals surface area contributed by atoms with E-state index in [-0.39, 0.29) is 0 Å². The molecule has 5 N–H and O–H groups in total. The molecule has 0 spiro atoms. The highest BCUT2D eigenvalue weighted by Crippen LogP contribution is 2.22. The van der Waals surface area contributed by atoms with Crippen molar-refractivity contribution in [3.63, 3.8) is 0 Å². The lowest BCUT2D eigenvalue weighted by Gasteiger charge is -2.06. The zero-order valence-electron chi connectivity index (χ0n) is 7.91. The fraction of sp³-hybridized carbons (Fsp3) is 0.100. The number of hydrogen-bond acceptors (Lipinski definition) is 4. The molecule has 4 nitrogen and oxygen atoms in total. The SMILES string of the molecule is Cc1nc(NN)cc2cc(N)ccc12. The van der Waals surface area contributed by atoms with Crippen LogP contribution in [0.1, 0.15) is 5.69 Å². The molecule has 0 aliphatic rings. The van der Waals surface area contributed by atoms with Gasteiger partial charge in [-0.25, -0.2) is 10.8 Å². The smallest absolute Gasteiger partial charge is 0.140 e. The molecule has 0 amide bonds. The Labute approximate surface area is 81.9 Å². The number of rotatable bonds is 1. The first-order valence-electron chi connectivity index (χ1n) is 4.34. The highest BCUT2D eigenvalue weighted by molar-refractivity contribution is 5.88. The number of pyridine rings is 1. The summed E-state index contributed by atoms with van der Waals surface area (Å²) in [4.78, 5) is 4.27. The van der Waals surface area contributed by atoms with Gasteiger partial charge in [0.05, 0.1) is 0 Å². The lowest BCUT2D eigenvalue weighted by molar-refractivity contribution is 1.18. The van der Waals surface area contributed by atoms with Gasteiger partial charge in [0, 0.05) is 16.8 Å². The minimum absolute atomic E-state index is 0.653. The lowest BCUT2D eigenvalue weighted by atomic mass is 10.1. The Morgan fingerprint density at radius 1 is 1.29 bits per heavy atom. The van der Waals surface area contributed by atoms with Crippen LogP contribution in [0, 0.1) is 6.92 Å². The number of nitrogens with one attached hydrogen (secondary N) is 1. The van der Waals surface area contributed by atoms with Crippen LogP contribution in [0.3, 0.4) is 0 Å². The van der Waals surface area contributed by atoms with E-state index in [4.69, 9.17) is 11.6 Å². The monoisotopic (exact) mass is 188 g/mol. The molecule has 14 heavy (non-hydrogen) atoms. The van der Waals surface area contributed by atoms with Crippen molar-refractivity contribution >= 4 is 22.3 Å². The Morgan fingerprint density at radius 2 is 2.07 bits per heavy atom. The van der Waals surface area contributed by atoms with Gasteiger partial charge in [-0.15, -0.1) is 0 Å².